The zero-order chi connectivity index (χ0) is 17.1. The zero-order valence-corrected chi connectivity index (χ0v) is 14.2. The number of alkyl halides is 2. The third kappa shape index (κ3) is 2.25. The number of hydrogen-bond donors (Lipinski definition) is 0. The van der Waals surface area contributed by atoms with Crippen molar-refractivity contribution in [2.45, 2.75) is 32.7 Å². The van der Waals surface area contributed by atoms with Crippen LogP contribution in [0.2, 0.25) is 0 Å². The molecule has 0 unspecified atom stereocenters. The first kappa shape index (κ1) is 14.9. The van der Waals surface area contributed by atoms with Crippen molar-refractivity contribution in [3.05, 3.63) is 29.0 Å². The molecule has 0 spiro atoms. The highest BCUT2D eigenvalue weighted by Gasteiger charge is 2.24. The van der Waals surface area contributed by atoms with Crippen LogP contribution in [0.1, 0.15) is 30.3 Å². The first-order valence-corrected chi connectivity index (χ1v) is 8.91. The normalized spacial score (nSPS) is 17.7. The van der Waals surface area contributed by atoms with Crippen molar-refractivity contribution in [3.8, 4) is 11.5 Å². The highest BCUT2D eigenvalue weighted by Crippen LogP contribution is 2.38. The first-order chi connectivity index (χ1) is 12.1. The third-order valence-electron chi connectivity index (χ3n) is 4.67. The lowest BCUT2D eigenvalue weighted by Gasteiger charge is -2.17. The fourth-order valence-electron chi connectivity index (χ4n) is 3.41. The Morgan fingerprint density at radius 1 is 1.32 bits per heavy atom. The van der Waals surface area contributed by atoms with E-state index in [2.05, 4.69) is 27.1 Å². The summed E-state index contributed by atoms with van der Waals surface area (Å²) in [6, 6.07) is 1.50. The summed E-state index contributed by atoms with van der Waals surface area (Å²) < 4.78 is 27.7. The van der Waals surface area contributed by atoms with Crippen molar-refractivity contribution in [2.24, 2.45) is 5.92 Å². The van der Waals surface area contributed by atoms with Crippen molar-refractivity contribution < 1.29 is 8.78 Å². The minimum absolute atomic E-state index is 0.329. The molecule has 1 aliphatic carbocycles. The second kappa shape index (κ2) is 5.29. The van der Waals surface area contributed by atoms with E-state index >= 15 is 0 Å². The number of nitrogens with zero attached hydrogens (tertiary/aromatic N) is 6. The van der Waals surface area contributed by atoms with Crippen LogP contribution in [-0.2, 0) is 12.8 Å². The van der Waals surface area contributed by atoms with Crippen molar-refractivity contribution in [2.75, 3.05) is 0 Å². The van der Waals surface area contributed by atoms with E-state index in [4.69, 9.17) is 0 Å². The van der Waals surface area contributed by atoms with E-state index < -0.39 is 6.55 Å². The molecule has 25 heavy (non-hydrogen) atoms. The maximum Gasteiger partial charge on any atom is 0.333 e. The lowest BCUT2D eigenvalue weighted by Crippen LogP contribution is -2.08. The Balaban J connectivity index is 1.70. The molecule has 0 N–H and O–H groups in total. The van der Waals surface area contributed by atoms with E-state index in [1.54, 1.807) is 22.2 Å². The molecule has 9 heteroatoms. The van der Waals surface area contributed by atoms with Gasteiger partial charge in [-0.25, -0.2) is 19.2 Å². The average molecular weight is 360 g/mol. The topological polar surface area (TPSA) is 60.9 Å². The predicted molar refractivity (Wildman–Crippen MR) is 89.8 cm³/mol. The van der Waals surface area contributed by atoms with E-state index in [1.807, 2.05) is 0 Å². The standard InChI is InChI=1S/C16H14F2N6S/c1-8-2-3-9-11(6-8)25-15-12(9)14-20-13(22-24(14)7-19-15)10-4-5-23(21-10)16(17)18/h4-5,7-8,16H,2-3,6H2,1H3/t8-/m1/s1. The largest absolute Gasteiger partial charge is 0.333 e. The average Bonchev–Trinajstić information content (AvgIpc) is 3.29. The molecule has 4 heterocycles. The number of fused-ring (bicyclic) bond motifs is 5. The molecule has 0 bridgehead atoms. The number of rotatable bonds is 2. The summed E-state index contributed by atoms with van der Waals surface area (Å²) in [6.45, 7) is -0.407. The van der Waals surface area contributed by atoms with E-state index in [0.29, 0.717) is 22.1 Å². The summed E-state index contributed by atoms with van der Waals surface area (Å²) in [5.74, 6) is 1.01. The van der Waals surface area contributed by atoms with Crippen LogP contribution >= 0.6 is 11.3 Å². The monoisotopic (exact) mass is 360 g/mol. The van der Waals surface area contributed by atoms with Gasteiger partial charge >= 0.3 is 6.55 Å². The Morgan fingerprint density at radius 2 is 2.20 bits per heavy atom. The Bertz CT molecular complexity index is 1100. The van der Waals surface area contributed by atoms with Gasteiger partial charge in [0.25, 0.3) is 0 Å². The Hall–Kier alpha value is -2.42. The Morgan fingerprint density at radius 3 is 3.00 bits per heavy atom. The lowest BCUT2D eigenvalue weighted by molar-refractivity contribution is 0.0568. The number of aryl methyl sites for hydroxylation is 1. The highest BCUT2D eigenvalue weighted by molar-refractivity contribution is 7.19. The van der Waals surface area contributed by atoms with Gasteiger partial charge in [0.1, 0.15) is 16.9 Å². The minimum Gasteiger partial charge on any atom is -0.225 e. The zero-order valence-electron chi connectivity index (χ0n) is 13.4. The SMILES string of the molecule is C[C@@H]1CCc2c(sc3ncn4nc(-c5ccn(C(F)F)n5)nc4c23)C1. The van der Waals surface area contributed by atoms with Gasteiger partial charge in [-0.05, 0) is 36.8 Å². The van der Waals surface area contributed by atoms with Crippen LogP contribution in [0.25, 0.3) is 27.4 Å². The van der Waals surface area contributed by atoms with Gasteiger partial charge in [0.05, 0.1) is 5.39 Å². The summed E-state index contributed by atoms with van der Waals surface area (Å²) in [4.78, 5) is 11.4. The van der Waals surface area contributed by atoms with Gasteiger partial charge in [-0.1, -0.05) is 6.92 Å². The van der Waals surface area contributed by atoms with Crippen LogP contribution in [-0.4, -0.2) is 29.4 Å². The molecule has 1 atom stereocenters. The van der Waals surface area contributed by atoms with Gasteiger partial charge in [-0.15, -0.1) is 16.4 Å². The van der Waals surface area contributed by atoms with E-state index in [-0.39, 0.29) is 0 Å². The number of hydrogen-bond acceptors (Lipinski definition) is 5. The van der Waals surface area contributed by atoms with Crippen molar-refractivity contribution >= 4 is 27.2 Å². The predicted octanol–water partition coefficient (Wildman–Crippen LogP) is 3.72. The van der Waals surface area contributed by atoms with Crippen LogP contribution in [0.15, 0.2) is 18.6 Å². The molecule has 0 aromatic carbocycles. The molecule has 6 nitrogen and oxygen atoms in total. The number of halogens is 2. The lowest BCUT2D eigenvalue weighted by atomic mass is 9.89. The second-order valence-electron chi connectivity index (χ2n) is 6.44. The number of aromatic nitrogens is 6. The molecule has 0 saturated carbocycles. The van der Waals surface area contributed by atoms with Gasteiger partial charge < -0.3 is 0 Å². The fourth-order valence-corrected chi connectivity index (χ4v) is 4.76. The van der Waals surface area contributed by atoms with E-state index in [1.165, 1.54) is 22.7 Å². The van der Waals surface area contributed by atoms with Gasteiger partial charge in [-0.2, -0.15) is 13.9 Å². The summed E-state index contributed by atoms with van der Waals surface area (Å²) in [5, 5.41) is 9.27. The van der Waals surface area contributed by atoms with Crippen LogP contribution in [0.5, 0.6) is 0 Å². The minimum atomic E-state index is -2.68. The maximum absolute atomic E-state index is 12.7. The smallest absolute Gasteiger partial charge is 0.225 e. The molecule has 128 valence electrons. The molecule has 5 rings (SSSR count). The van der Waals surface area contributed by atoms with Crippen molar-refractivity contribution in [1.29, 1.82) is 0 Å². The summed E-state index contributed by atoms with van der Waals surface area (Å²) in [5.41, 5.74) is 2.36. The van der Waals surface area contributed by atoms with Crippen LogP contribution < -0.4 is 0 Å². The maximum atomic E-state index is 12.7. The first-order valence-electron chi connectivity index (χ1n) is 8.09. The van der Waals surface area contributed by atoms with E-state index in [9.17, 15) is 8.78 Å². The summed E-state index contributed by atoms with van der Waals surface area (Å²) in [7, 11) is 0. The van der Waals surface area contributed by atoms with Crippen LogP contribution in [0.4, 0.5) is 8.78 Å². The van der Waals surface area contributed by atoms with Crippen molar-refractivity contribution in [1.82, 2.24) is 29.4 Å². The second-order valence-corrected chi connectivity index (χ2v) is 7.52. The highest BCUT2D eigenvalue weighted by atomic mass is 32.1. The fraction of sp³-hybridized carbons (Fsp3) is 0.375. The van der Waals surface area contributed by atoms with Gasteiger partial charge in [0.15, 0.2) is 5.65 Å². The quantitative estimate of drug-likeness (QED) is 0.547. The van der Waals surface area contributed by atoms with Crippen LogP contribution in [0.3, 0.4) is 0 Å². The van der Waals surface area contributed by atoms with E-state index in [0.717, 1.165) is 35.1 Å². The molecule has 0 aliphatic heterocycles. The van der Waals surface area contributed by atoms with Gasteiger partial charge in [-0.3, -0.25) is 0 Å². The molecular weight excluding hydrogens is 346 g/mol. The Kier molecular flexibility index (Phi) is 3.15. The van der Waals surface area contributed by atoms with Gasteiger partial charge in [0, 0.05) is 11.1 Å². The summed E-state index contributed by atoms with van der Waals surface area (Å²) >= 11 is 1.72. The molecular formula is C16H14F2N6S. The third-order valence-corrected chi connectivity index (χ3v) is 5.83. The Labute approximate surface area is 145 Å². The van der Waals surface area contributed by atoms with Crippen LogP contribution in [0, 0.1) is 5.92 Å². The molecule has 4 aromatic rings. The molecule has 4 aromatic heterocycles. The van der Waals surface area contributed by atoms with Crippen molar-refractivity contribution in [3.63, 3.8) is 0 Å². The summed E-state index contributed by atoms with van der Waals surface area (Å²) in [6.07, 6.45) is 6.10. The molecule has 1 aliphatic rings. The molecule has 0 radical (unpaired) electrons. The molecule has 0 saturated heterocycles. The van der Waals surface area contributed by atoms with Gasteiger partial charge in [0.2, 0.25) is 5.82 Å². The number of thiophene rings is 1. The molecule has 0 fully saturated rings. The molecule has 0 amide bonds.